The van der Waals surface area contributed by atoms with Crippen molar-refractivity contribution in [3.8, 4) is 5.69 Å². The van der Waals surface area contributed by atoms with E-state index in [1.807, 2.05) is 30.5 Å². The van der Waals surface area contributed by atoms with Crippen LogP contribution in [0.25, 0.3) is 5.69 Å². The highest BCUT2D eigenvalue weighted by Crippen LogP contribution is 2.41. The first-order valence-electron chi connectivity index (χ1n) is 9.88. The van der Waals surface area contributed by atoms with E-state index in [0.29, 0.717) is 0 Å². The van der Waals surface area contributed by atoms with Gasteiger partial charge in [0.15, 0.2) is 5.78 Å². The molecule has 1 aliphatic rings. The van der Waals surface area contributed by atoms with E-state index in [9.17, 15) is 4.79 Å². The van der Waals surface area contributed by atoms with Crippen molar-refractivity contribution in [2.45, 2.75) is 46.2 Å². The molecule has 4 heteroatoms. The van der Waals surface area contributed by atoms with Gasteiger partial charge >= 0.3 is 0 Å². The Morgan fingerprint density at radius 3 is 2.71 bits per heavy atom. The van der Waals surface area contributed by atoms with Crippen LogP contribution in [0.5, 0.6) is 0 Å². The number of Topliss-reactive ketones (excluding diaryl/α,β-unsaturated/α-hetero) is 1. The summed E-state index contributed by atoms with van der Waals surface area (Å²) in [4.78, 5) is 11.7. The molecular weight excluding hydrogens is 346 g/mol. The van der Waals surface area contributed by atoms with E-state index in [0.717, 1.165) is 36.2 Å². The Bertz CT molecular complexity index is 988. The lowest BCUT2D eigenvalue weighted by Gasteiger charge is -2.36. The number of benzene rings is 2. The summed E-state index contributed by atoms with van der Waals surface area (Å²) in [5.74, 6) is 0.104. The first-order chi connectivity index (χ1) is 13.4. The van der Waals surface area contributed by atoms with E-state index in [-0.39, 0.29) is 17.2 Å². The van der Waals surface area contributed by atoms with Crippen molar-refractivity contribution in [1.82, 2.24) is 15.1 Å². The second kappa shape index (κ2) is 7.36. The summed E-state index contributed by atoms with van der Waals surface area (Å²) in [6.45, 7) is 6.99. The highest BCUT2D eigenvalue weighted by Gasteiger charge is 2.35. The molecule has 4 rings (SSSR count). The number of rotatable bonds is 5. The van der Waals surface area contributed by atoms with Crippen LogP contribution in [-0.2, 0) is 13.0 Å². The Morgan fingerprint density at radius 2 is 1.96 bits per heavy atom. The predicted molar refractivity (Wildman–Crippen MR) is 112 cm³/mol. The molecule has 0 unspecified atom stereocenters. The van der Waals surface area contributed by atoms with Gasteiger partial charge in [-0.2, -0.15) is 5.10 Å². The monoisotopic (exact) mass is 373 g/mol. The number of hydrogen-bond donors (Lipinski definition) is 1. The maximum atomic E-state index is 11.7. The molecule has 2 aromatic carbocycles. The van der Waals surface area contributed by atoms with Crippen molar-refractivity contribution >= 4 is 5.78 Å². The molecule has 0 bridgehead atoms. The molecule has 0 spiro atoms. The SMILES string of the molecule is CC(=O)c1cccc(CN[C@@H]2CC(C)(C)Cc3c2cnn3-c2ccccc2)c1. The summed E-state index contributed by atoms with van der Waals surface area (Å²) in [6.07, 6.45) is 4.09. The van der Waals surface area contributed by atoms with Gasteiger partial charge in [-0.3, -0.25) is 4.79 Å². The smallest absolute Gasteiger partial charge is 0.159 e. The van der Waals surface area contributed by atoms with Crippen molar-refractivity contribution in [2.24, 2.45) is 5.41 Å². The van der Waals surface area contributed by atoms with Gasteiger partial charge < -0.3 is 5.32 Å². The van der Waals surface area contributed by atoms with E-state index in [4.69, 9.17) is 5.10 Å². The van der Waals surface area contributed by atoms with Gasteiger partial charge in [-0.25, -0.2) is 4.68 Å². The fourth-order valence-corrected chi connectivity index (χ4v) is 4.16. The molecule has 3 aromatic rings. The van der Waals surface area contributed by atoms with Gasteiger partial charge in [0.25, 0.3) is 0 Å². The lowest BCUT2D eigenvalue weighted by atomic mass is 9.74. The topological polar surface area (TPSA) is 46.9 Å². The fourth-order valence-electron chi connectivity index (χ4n) is 4.16. The van der Waals surface area contributed by atoms with Crippen LogP contribution in [-0.4, -0.2) is 15.6 Å². The average Bonchev–Trinajstić information content (AvgIpc) is 3.09. The van der Waals surface area contributed by atoms with Gasteiger partial charge in [-0.15, -0.1) is 0 Å². The summed E-state index contributed by atoms with van der Waals surface area (Å²) >= 11 is 0. The lowest BCUT2D eigenvalue weighted by Crippen LogP contribution is -2.33. The third-order valence-corrected chi connectivity index (χ3v) is 5.57. The molecule has 28 heavy (non-hydrogen) atoms. The van der Waals surface area contributed by atoms with E-state index >= 15 is 0 Å². The number of aromatic nitrogens is 2. The van der Waals surface area contributed by atoms with Gasteiger partial charge in [0.1, 0.15) is 0 Å². The third kappa shape index (κ3) is 3.78. The molecule has 1 atom stereocenters. The molecular formula is C24H27N3O. The highest BCUT2D eigenvalue weighted by atomic mass is 16.1. The van der Waals surface area contributed by atoms with Crippen LogP contribution in [0.15, 0.2) is 60.8 Å². The summed E-state index contributed by atoms with van der Waals surface area (Å²) in [7, 11) is 0. The summed E-state index contributed by atoms with van der Waals surface area (Å²) in [6, 6.07) is 18.5. The van der Waals surface area contributed by atoms with E-state index < -0.39 is 0 Å². The van der Waals surface area contributed by atoms with Crippen molar-refractivity contribution in [1.29, 1.82) is 0 Å². The van der Waals surface area contributed by atoms with Crippen LogP contribution in [0.3, 0.4) is 0 Å². The summed E-state index contributed by atoms with van der Waals surface area (Å²) < 4.78 is 2.08. The first-order valence-corrected chi connectivity index (χ1v) is 9.88. The second-order valence-corrected chi connectivity index (χ2v) is 8.53. The van der Waals surface area contributed by atoms with Crippen LogP contribution in [0.1, 0.15) is 60.4 Å². The number of hydrogen-bond acceptors (Lipinski definition) is 3. The van der Waals surface area contributed by atoms with Gasteiger partial charge in [0.05, 0.1) is 11.9 Å². The highest BCUT2D eigenvalue weighted by molar-refractivity contribution is 5.94. The summed E-state index contributed by atoms with van der Waals surface area (Å²) in [5.41, 5.74) is 5.77. The van der Waals surface area contributed by atoms with E-state index in [2.05, 4.69) is 54.2 Å². The second-order valence-electron chi connectivity index (χ2n) is 8.53. The molecule has 1 aromatic heterocycles. The average molecular weight is 374 g/mol. The van der Waals surface area contributed by atoms with Crippen LogP contribution in [0.4, 0.5) is 0 Å². The summed E-state index contributed by atoms with van der Waals surface area (Å²) in [5, 5.41) is 8.42. The maximum Gasteiger partial charge on any atom is 0.159 e. The normalized spacial score (nSPS) is 17.9. The molecule has 1 aliphatic carbocycles. The fraction of sp³-hybridized carbons (Fsp3) is 0.333. The Balaban J connectivity index is 1.60. The van der Waals surface area contributed by atoms with Gasteiger partial charge in [-0.05, 0) is 48.9 Å². The number of carbonyl (C=O) groups is 1. The quantitative estimate of drug-likeness (QED) is 0.649. The first kappa shape index (κ1) is 18.6. The number of fused-ring (bicyclic) bond motifs is 1. The molecule has 1 heterocycles. The molecule has 0 aliphatic heterocycles. The molecule has 1 N–H and O–H groups in total. The van der Waals surface area contributed by atoms with Crippen LogP contribution >= 0.6 is 0 Å². The van der Waals surface area contributed by atoms with Crippen molar-refractivity contribution < 1.29 is 4.79 Å². The number of nitrogens with one attached hydrogen (secondary N) is 1. The Labute approximate surface area is 166 Å². The van der Waals surface area contributed by atoms with Crippen LogP contribution in [0.2, 0.25) is 0 Å². The van der Waals surface area contributed by atoms with Crippen molar-refractivity contribution in [2.75, 3.05) is 0 Å². The zero-order valence-corrected chi connectivity index (χ0v) is 16.8. The zero-order valence-electron chi connectivity index (χ0n) is 16.8. The molecule has 0 fully saturated rings. The van der Waals surface area contributed by atoms with Gasteiger partial charge in [0, 0.05) is 29.4 Å². The minimum Gasteiger partial charge on any atom is -0.306 e. The standard InChI is InChI=1S/C24H27N3O/c1-17(28)19-9-7-8-18(12-19)15-25-22-13-24(2,3)14-23-21(22)16-26-27(23)20-10-5-4-6-11-20/h4-12,16,22,25H,13-15H2,1-3H3/t22-/m1/s1. The number of para-hydroxylation sites is 1. The minimum atomic E-state index is 0.104. The lowest BCUT2D eigenvalue weighted by molar-refractivity contribution is 0.101. The van der Waals surface area contributed by atoms with Crippen molar-refractivity contribution in [3.63, 3.8) is 0 Å². The third-order valence-electron chi connectivity index (χ3n) is 5.57. The minimum absolute atomic E-state index is 0.104. The molecule has 0 radical (unpaired) electrons. The van der Waals surface area contributed by atoms with Gasteiger partial charge in [-0.1, -0.05) is 50.2 Å². The Kier molecular flexibility index (Phi) is 4.90. The van der Waals surface area contributed by atoms with Gasteiger partial charge in [0.2, 0.25) is 0 Å². The number of nitrogens with zero attached hydrogens (tertiary/aromatic N) is 2. The van der Waals surface area contributed by atoms with Crippen LogP contribution in [0, 0.1) is 5.41 Å². The van der Waals surface area contributed by atoms with E-state index in [1.165, 1.54) is 11.3 Å². The largest absolute Gasteiger partial charge is 0.306 e. The molecule has 144 valence electrons. The maximum absolute atomic E-state index is 11.7. The predicted octanol–water partition coefficient (Wildman–Crippen LogP) is 4.88. The molecule has 0 saturated carbocycles. The molecule has 0 saturated heterocycles. The van der Waals surface area contributed by atoms with E-state index in [1.54, 1.807) is 6.92 Å². The van der Waals surface area contributed by atoms with Crippen LogP contribution < -0.4 is 5.32 Å². The Hall–Kier alpha value is -2.72. The Morgan fingerprint density at radius 1 is 1.18 bits per heavy atom. The number of ketones is 1. The molecule has 4 nitrogen and oxygen atoms in total. The van der Waals surface area contributed by atoms with Crippen molar-refractivity contribution in [3.05, 3.63) is 83.2 Å². The molecule has 0 amide bonds. The zero-order chi connectivity index (χ0) is 19.7. The number of carbonyl (C=O) groups excluding carboxylic acids is 1.